The lowest BCUT2D eigenvalue weighted by Crippen LogP contribution is -2.30. The molecule has 0 heterocycles. The van der Waals surface area contributed by atoms with E-state index in [1.54, 1.807) is 0 Å². The van der Waals surface area contributed by atoms with Gasteiger partial charge < -0.3 is 33.8 Å². The van der Waals surface area contributed by atoms with Crippen LogP contribution in [0.5, 0.6) is 0 Å². The molecule has 0 aliphatic carbocycles. The van der Waals surface area contributed by atoms with Gasteiger partial charge in [-0.05, 0) is 49.4 Å². The first kappa shape index (κ1) is 90.1. The molecule has 0 aliphatic rings. The predicted octanol–water partition coefficient (Wildman–Crippen LogP) is 20.9. The molecule has 6 atom stereocenters. The first-order valence-electron chi connectivity index (χ1n) is 37.7. The molecule has 0 amide bonds. The molecule has 4 unspecified atom stereocenters. The van der Waals surface area contributed by atoms with Crippen LogP contribution >= 0.6 is 15.6 Å². The zero-order chi connectivity index (χ0) is 68.2. The Bertz CT molecular complexity index is 1820. The number of ether oxygens (including phenoxy) is 4. The van der Waals surface area contributed by atoms with Gasteiger partial charge in [-0.15, -0.1) is 0 Å². The SMILES string of the molecule is CCC(C)CCCCCCCCC(=O)O[C@H](COC(=O)CCCCCCCCCCCCCCCCCCC(C)C)COP(=O)(O)OCC(O)COP(=O)(O)OC[C@@H](COC(=O)CCCCCCCCCC(C)C)OC(=O)CCCCCCCCCCCCC(C)C. The van der Waals surface area contributed by atoms with Gasteiger partial charge in [-0.2, -0.15) is 0 Å². The zero-order valence-electron chi connectivity index (χ0n) is 60.2. The van der Waals surface area contributed by atoms with Gasteiger partial charge in [0.1, 0.15) is 19.3 Å². The van der Waals surface area contributed by atoms with Crippen LogP contribution in [-0.4, -0.2) is 96.7 Å². The Hall–Kier alpha value is -1.94. The highest BCUT2D eigenvalue weighted by Crippen LogP contribution is 2.45. The standard InChI is InChI=1S/C73H142O17P2/c1-9-66(8)52-44-36-31-32-40-48-56-73(78)90-69(60-83-70(75)53-45-37-28-22-17-15-13-11-10-12-14-16-20-25-33-41-49-63(2)3)62-88-92(81,82)86-58-67(74)57-85-91(79,80)87-61-68(59-84-71(76)54-46-38-30-24-27-35-43-51-65(6)7)89-72(77)55-47-39-29-23-19-18-21-26-34-42-50-64(4)5/h63-69,74H,9-62H2,1-8H3,(H,79,80)(H,81,82)/t66?,67?,68-,69-/m1/s1. The van der Waals surface area contributed by atoms with Crippen LogP contribution in [0.4, 0.5) is 0 Å². The maximum absolute atomic E-state index is 13.0. The molecule has 92 heavy (non-hydrogen) atoms. The Balaban J connectivity index is 5.18. The second kappa shape index (κ2) is 62.6. The number of rotatable bonds is 70. The summed E-state index contributed by atoms with van der Waals surface area (Å²) in [5.41, 5.74) is 0. The van der Waals surface area contributed by atoms with Crippen LogP contribution in [0, 0.1) is 23.7 Å². The van der Waals surface area contributed by atoms with Crippen molar-refractivity contribution in [3.63, 3.8) is 0 Å². The second-order valence-corrected chi connectivity index (χ2v) is 30.9. The number of hydrogen-bond donors (Lipinski definition) is 3. The van der Waals surface area contributed by atoms with Crippen molar-refractivity contribution in [3.05, 3.63) is 0 Å². The number of aliphatic hydroxyl groups is 1. The molecule has 0 saturated heterocycles. The molecular weight excluding hydrogens is 1210 g/mol. The number of unbranched alkanes of at least 4 members (excludes halogenated alkanes) is 35. The van der Waals surface area contributed by atoms with E-state index in [2.05, 4.69) is 55.4 Å². The third-order valence-corrected chi connectivity index (χ3v) is 19.1. The minimum atomic E-state index is -4.95. The quantitative estimate of drug-likeness (QED) is 0.0222. The predicted molar refractivity (Wildman–Crippen MR) is 372 cm³/mol. The normalized spacial score (nSPS) is 14.5. The summed E-state index contributed by atoms with van der Waals surface area (Å²) in [5, 5.41) is 10.6. The van der Waals surface area contributed by atoms with Gasteiger partial charge in [-0.25, -0.2) is 9.13 Å². The molecule has 0 saturated carbocycles. The van der Waals surface area contributed by atoms with E-state index in [1.165, 1.54) is 161 Å². The van der Waals surface area contributed by atoms with Crippen molar-refractivity contribution in [1.29, 1.82) is 0 Å². The van der Waals surface area contributed by atoms with E-state index in [-0.39, 0.29) is 25.7 Å². The van der Waals surface area contributed by atoms with Crippen LogP contribution in [0.3, 0.4) is 0 Å². The lowest BCUT2D eigenvalue weighted by molar-refractivity contribution is -0.161. The highest BCUT2D eigenvalue weighted by Gasteiger charge is 2.30. The van der Waals surface area contributed by atoms with E-state index in [1.807, 2.05) is 0 Å². The topological polar surface area (TPSA) is 237 Å². The lowest BCUT2D eigenvalue weighted by Gasteiger charge is -2.21. The Labute approximate surface area is 562 Å². The average Bonchev–Trinajstić information content (AvgIpc) is 3.24. The third-order valence-electron chi connectivity index (χ3n) is 17.2. The summed E-state index contributed by atoms with van der Waals surface area (Å²) in [5.74, 6) is 0.860. The van der Waals surface area contributed by atoms with Gasteiger partial charge in [0.25, 0.3) is 0 Å². The Morgan fingerprint density at radius 1 is 0.304 bits per heavy atom. The molecule has 0 fully saturated rings. The number of phosphoric ester groups is 2. The fraction of sp³-hybridized carbons (Fsp3) is 0.945. The number of carbonyl (C=O) groups is 4. The molecule has 0 aromatic heterocycles. The van der Waals surface area contributed by atoms with Crippen LogP contribution in [0.25, 0.3) is 0 Å². The molecule has 3 N–H and O–H groups in total. The smallest absolute Gasteiger partial charge is 0.462 e. The molecule has 17 nitrogen and oxygen atoms in total. The molecule has 0 aromatic carbocycles. The van der Waals surface area contributed by atoms with Crippen molar-refractivity contribution < 1.29 is 80.2 Å². The van der Waals surface area contributed by atoms with E-state index in [9.17, 15) is 43.2 Å². The summed E-state index contributed by atoms with van der Waals surface area (Å²) in [6.07, 6.45) is 46.0. The molecule has 0 rings (SSSR count). The van der Waals surface area contributed by atoms with Gasteiger partial charge in [0, 0.05) is 25.7 Å². The zero-order valence-corrected chi connectivity index (χ0v) is 62.0. The van der Waals surface area contributed by atoms with Gasteiger partial charge >= 0.3 is 39.5 Å². The van der Waals surface area contributed by atoms with Gasteiger partial charge in [0.05, 0.1) is 26.4 Å². The van der Waals surface area contributed by atoms with Crippen molar-refractivity contribution in [2.75, 3.05) is 39.6 Å². The molecule has 0 radical (unpaired) electrons. The molecule has 546 valence electrons. The van der Waals surface area contributed by atoms with Gasteiger partial charge in [-0.1, -0.05) is 312 Å². The van der Waals surface area contributed by atoms with Gasteiger partial charge in [0.2, 0.25) is 0 Å². The average molecular weight is 1350 g/mol. The maximum Gasteiger partial charge on any atom is 0.472 e. The summed E-state index contributed by atoms with van der Waals surface area (Å²) < 4.78 is 68.3. The van der Waals surface area contributed by atoms with Crippen molar-refractivity contribution in [2.45, 2.75) is 382 Å². The van der Waals surface area contributed by atoms with Crippen molar-refractivity contribution in [3.8, 4) is 0 Å². The Kier molecular flexibility index (Phi) is 61.3. The van der Waals surface area contributed by atoms with Crippen molar-refractivity contribution in [1.82, 2.24) is 0 Å². The molecule has 19 heteroatoms. The number of hydrogen-bond acceptors (Lipinski definition) is 15. The molecule has 0 spiro atoms. The number of aliphatic hydroxyl groups excluding tert-OH is 1. The number of carbonyl (C=O) groups excluding carboxylic acids is 4. The molecule has 0 aromatic rings. The first-order valence-corrected chi connectivity index (χ1v) is 40.7. The maximum atomic E-state index is 13.0. The van der Waals surface area contributed by atoms with Crippen LogP contribution in [0.2, 0.25) is 0 Å². The Morgan fingerprint density at radius 3 is 0.772 bits per heavy atom. The summed E-state index contributed by atoms with van der Waals surface area (Å²) in [6, 6.07) is 0. The van der Waals surface area contributed by atoms with Crippen molar-refractivity contribution in [2.24, 2.45) is 23.7 Å². The van der Waals surface area contributed by atoms with Crippen LogP contribution in [0.15, 0.2) is 0 Å². The number of esters is 4. The lowest BCUT2D eigenvalue weighted by atomic mass is 10.00. The fourth-order valence-electron chi connectivity index (χ4n) is 11.0. The molecule has 0 bridgehead atoms. The highest BCUT2D eigenvalue weighted by molar-refractivity contribution is 7.47. The summed E-state index contributed by atoms with van der Waals surface area (Å²) in [6.45, 7) is 14.1. The Morgan fingerprint density at radius 2 is 0.522 bits per heavy atom. The molecule has 0 aliphatic heterocycles. The summed E-state index contributed by atoms with van der Waals surface area (Å²) >= 11 is 0. The third kappa shape index (κ3) is 65.4. The largest absolute Gasteiger partial charge is 0.472 e. The second-order valence-electron chi connectivity index (χ2n) is 28.0. The minimum absolute atomic E-state index is 0.103. The van der Waals surface area contributed by atoms with E-state index in [0.29, 0.717) is 31.6 Å². The van der Waals surface area contributed by atoms with E-state index >= 15 is 0 Å². The van der Waals surface area contributed by atoms with E-state index in [0.717, 1.165) is 114 Å². The van der Waals surface area contributed by atoms with Crippen molar-refractivity contribution >= 4 is 39.5 Å². The van der Waals surface area contributed by atoms with E-state index < -0.39 is 97.5 Å². The summed E-state index contributed by atoms with van der Waals surface area (Å²) in [4.78, 5) is 72.6. The van der Waals surface area contributed by atoms with Gasteiger partial charge in [0.15, 0.2) is 12.2 Å². The molecular formula is C73H142O17P2. The minimum Gasteiger partial charge on any atom is -0.462 e. The first-order chi connectivity index (χ1) is 44.1. The fourth-order valence-corrected chi connectivity index (χ4v) is 12.6. The van der Waals surface area contributed by atoms with Crippen LogP contribution in [0.1, 0.15) is 364 Å². The van der Waals surface area contributed by atoms with E-state index in [4.69, 9.17) is 37.0 Å². The number of phosphoric acid groups is 2. The van der Waals surface area contributed by atoms with Crippen LogP contribution < -0.4 is 0 Å². The van der Waals surface area contributed by atoms with Gasteiger partial charge in [-0.3, -0.25) is 37.3 Å². The van der Waals surface area contributed by atoms with Crippen LogP contribution in [-0.2, 0) is 65.4 Å². The highest BCUT2D eigenvalue weighted by atomic mass is 31.2. The summed E-state index contributed by atoms with van der Waals surface area (Å²) in [7, 11) is -9.91. The monoisotopic (exact) mass is 1350 g/mol.